The first-order valence-corrected chi connectivity index (χ1v) is 7.77. The molecule has 2 aliphatic carbocycles. The highest BCUT2D eigenvalue weighted by Crippen LogP contribution is 2.54. The van der Waals surface area contributed by atoms with E-state index in [-0.39, 0.29) is 29.6 Å². The van der Waals surface area contributed by atoms with Gasteiger partial charge >= 0.3 is 0 Å². The summed E-state index contributed by atoms with van der Waals surface area (Å²) in [6.07, 6.45) is 3.98. The second-order valence-corrected chi connectivity index (χ2v) is 7.07. The van der Waals surface area contributed by atoms with Crippen molar-refractivity contribution in [1.82, 2.24) is 4.90 Å². The number of phenolic OH excluding ortho intramolecular Hbond substituents is 1. The number of hydrogen-bond acceptors (Lipinski definition) is 3. The van der Waals surface area contributed by atoms with Gasteiger partial charge in [0.2, 0.25) is 0 Å². The number of aromatic hydroxyl groups is 1. The van der Waals surface area contributed by atoms with E-state index in [0.717, 1.165) is 25.8 Å². The van der Waals surface area contributed by atoms with Crippen molar-refractivity contribution in [2.24, 2.45) is 17.8 Å². The standard InChI is InChI=1S/C17H24FNO2.ClH/c1-19(2)10-14-12-7-6-11(8-12)9-17(14,21)13-4-3-5-15(20)16(13)18;/h3-5,11-12,14,20-21H,6-10H2,1-2H3;1H. The van der Waals surface area contributed by atoms with E-state index in [1.165, 1.54) is 6.07 Å². The average Bonchev–Trinajstić information content (AvgIpc) is 2.81. The molecule has 0 saturated heterocycles. The van der Waals surface area contributed by atoms with Crippen LogP contribution in [0, 0.1) is 23.6 Å². The molecule has 3 rings (SSSR count). The van der Waals surface area contributed by atoms with E-state index < -0.39 is 11.4 Å². The summed E-state index contributed by atoms with van der Waals surface area (Å²) in [5.74, 6) is -0.104. The maximum atomic E-state index is 14.4. The molecule has 0 spiro atoms. The molecule has 5 heteroatoms. The molecule has 2 N–H and O–H groups in total. The van der Waals surface area contributed by atoms with E-state index in [9.17, 15) is 14.6 Å². The fourth-order valence-corrected chi connectivity index (χ4v) is 4.50. The molecule has 124 valence electrons. The summed E-state index contributed by atoms with van der Waals surface area (Å²) in [6, 6.07) is 4.58. The van der Waals surface area contributed by atoms with Gasteiger partial charge < -0.3 is 15.1 Å². The van der Waals surface area contributed by atoms with Crippen molar-refractivity contribution in [3.05, 3.63) is 29.6 Å². The van der Waals surface area contributed by atoms with Gasteiger partial charge in [0, 0.05) is 18.0 Å². The predicted molar refractivity (Wildman–Crippen MR) is 86.7 cm³/mol. The van der Waals surface area contributed by atoms with E-state index in [1.807, 2.05) is 14.1 Å². The number of nitrogens with zero attached hydrogens (tertiary/aromatic N) is 1. The van der Waals surface area contributed by atoms with Crippen LogP contribution in [-0.2, 0) is 5.60 Å². The SMILES string of the molecule is CN(C)CC1C2CCC(C2)CC1(O)c1cccc(O)c1F.Cl. The Kier molecular flexibility index (Phi) is 5.05. The van der Waals surface area contributed by atoms with Crippen LogP contribution >= 0.6 is 12.4 Å². The Morgan fingerprint density at radius 2 is 2.05 bits per heavy atom. The molecule has 4 unspecified atom stereocenters. The monoisotopic (exact) mass is 329 g/mol. The van der Waals surface area contributed by atoms with Crippen LogP contribution in [0.25, 0.3) is 0 Å². The summed E-state index contributed by atoms with van der Waals surface area (Å²) in [5.41, 5.74) is -0.900. The third kappa shape index (κ3) is 2.84. The molecule has 4 atom stereocenters. The molecular formula is C17H25ClFNO2. The highest BCUT2D eigenvalue weighted by Gasteiger charge is 2.52. The van der Waals surface area contributed by atoms with Gasteiger partial charge in [0.15, 0.2) is 11.6 Å². The van der Waals surface area contributed by atoms with Gasteiger partial charge in [0.1, 0.15) is 0 Å². The molecule has 0 aliphatic heterocycles. The zero-order valence-corrected chi connectivity index (χ0v) is 13.9. The van der Waals surface area contributed by atoms with Crippen molar-refractivity contribution in [3.8, 4) is 5.75 Å². The summed E-state index contributed by atoms with van der Waals surface area (Å²) in [6.45, 7) is 0.739. The number of phenols is 1. The molecule has 22 heavy (non-hydrogen) atoms. The van der Waals surface area contributed by atoms with Crippen LogP contribution in [0.3, 0.4) is 0 Å². The molecule has 2 bridgehead atoms. The Hall–Kier alpha value is -0.840. The Morgan fingerprint density at radius 3 is 2.73 bits per heavy atom. The fraction of sp³-hybridized carbons (Fsp3) is 0.647. The minimum atomic E-state index is -1.17. The van der Waals surface area contributed by atoms with E-state index in [2.05, 4.69) is 4.90 Å². The van der Waals surface area contributed by atoms with Crippen molar-refractivity contribution in [1.29, 1.82) is 0 Å². The van der Waals surface area contributed by atoms with Crippen molar-refractivity contribution in [2.45, 2.75) is 31.3 Å². The Morgan fingerprint density at radius 1 is 1.32 bits per heavy atom. The zero-order valence-electron chi connectivity index (χ0n) is 13.1. The minimum Gasteiger partial charge on any atom is -0.505 e. The summed E-state index contributed by atoms with van der Waals surface area (Å²) in [7, 11) is 3.97. The first-order valence-electron chi connectivity index (χ1n) is 7.77. The van der Waals surface area contributed by atoms with Gasteiger partial charge in [0.05, 0.1) is 5.60 Å². The van der Waals surface area contributed by atoms with Crippen LogP contribution in [0.5, 0.6) is 5.75 Å². The van der Waals surface area contributed by atoms with Gasteiger partial charge in [-0.3, -0.25) is 0 Å². The highest BCUT2D eigenvalue weighted by molar-refractivity contribution is 5.85. The van der Waals surface area contributed by atoms with E-state index in [4.69, 9.17) is 0 Å². The summed E-state index contributed by atoms with van der Waals surface area (Å²) in [5, 5.41) is 21.0. The topological polar surface area (TPSA) is 43.7 Å². The van der Waals surface area contributed by atoms with Gasteiger partial charge in [-0.15, -0.1) is 12.4 Å². The van der Waals surface area contributed by atoms with Crippen molar-refractivity contribution in [3.63, 3.8) is 0 Å². The van der Waals surface area contributed by atoms with Crippen LogP contribution in [0.2, 0.25) is 0 Å². The van der Waals surface area contributed by atoms with Crippen LogP contribution in [0.15, 0.2) is 18.2 Å². The lowest BCUT2D eigenvalue weighted by Crippen LogP contribution is -2.47. The smallest absolute Gasteiger partial charge is 0.170 e. The maximum Gasteiger partial charge on any atom is 0.170 e. The number of rotatable bonds is 3. The van der Waals surface area contributed by atoms with Crippen molar-refractivity contribution >= 4 is 12.4 Å². The molecule has 3 nitrogen and oxygen atoms in total. The Balaban J connectivity index is 0.00000176. The second-order valence-electron chi connectivity index (χ2n) is 7.07. The normalized spacial score (nSPS) is 33.8. The maximum absolute atomic E-state index is 14.4. The Labute approximate surface area is 137 Å². The molecule has 2 aliphatic rings. The molecular weight excluding hydrogens is 305 g/mol. The van der Waals surface area contributed by atoms with Gasteiger partial charge in [-0.05, 0) is 51.3 Å². The lowest BCUT2D eigenvalue weighted by atomic mass is 9.65. The predicted octanol–water partition coefficient (Wildman–Crippen LogP) is 3.14. The number of fused-ring (bicyclic) bond motifs is 2. The summed E-state index contributed by atoms with van der Waals surface area (Å²) < 4.78 is 14.4. The first kappa shape index (κ1) is 17.5. The van der Waals surface area contributed by atoms with Crippen LogP contribution in [0.4, 0.5) is 4.39 Å². The first-order chi connectivity index (χ1) is 9.91. The quantitative estimate of drug-likeness (QED) is 0.895. The van der Waals surface area contributed by atoms with E-state index in [0.29, 0.717) is 18.3 Å². The van der Waals surface area contributed by atoms with Gasteiger partial charge in [0.25, 0.3) is 0 Å². The molecule has 0 radical (unpaired) electrons. The second kappa shape index (κ2) is 6.34. The lowest BCUT2D eigenvalue weighted by Gasteiger charge is -2.45. The fourth-order valence-electron chi connectivity index (χ4n) is 4.50. The van der Waals surface area contributed by atoms with Crippen LogP contribution in [-0.4, -0.2) is 35.8 Å². The number of benzene rings is 1. The summed E-state index contributed by atoms with van der Waals surface area (Å²) in [4.78, 5) is 2.06. The molecule has 0 heterocycles. The van der Waals surface area contributed by atoms with Gasteiger partial charge in [-0.1, -0.05) is 18.6 Å². The average molecular weight is 330 g/mol. The Bertz CT molecular complexity index is 539. The van der Waals surface area contributed by atoms with Gasteiger partial charge in [-0.25, -0.2) is 4.39 Å². The molecule has 2 saturated carbocycles. The van der Waals surface area contributed by atoms with Crippen LogP contribution < -0.4 is 0 Å². The molecule has 1 aromatic carbocycles. The van der Waals surface area contributed by atoms with E-state index in [1.54, 1.807) is 12.1 Å². The molecule has 2 fully saturated rings. The van der Waals surface area contributed by atoms with E-state index >= 15 is 0 Å². The van der Waals surface area contributed by atoms with Gasteiger partial charge in [-0.2, -0.15) is 0 Å². The van der Waals surface area contributed by atoms with Crippen molar-refractivity contribution in [2.75, 3.05) is 20.6 Å². The van der Waals surface area contributed by atoms with Crippen LogP contribution in [0.1, 0.15) is 31.2 Å². The molecule has 1 aromatic rings. The van der Waals surface area contributed by atoms with Crippen molar-refractivity contribution < 1.29 is 14.6 Å². The molecule has 0 aromatic heterocycles. The zero-order chi connectivity index (χ0) is 15.2. The third-order valence-electron chi connectivity index (χ3n) is 5.37. The minimum absolute atomic E-state index is 0. The lowest BCUT2D eigenvalue weighted by molar-refractivity contribution is -0.0914. The number of aliphatic hydroxyl groups is 1. The summed E-state index contributed by atoms with van der Waals surface area (Å²) >= 11 is 0. The molecule has 0 amide bonds. The third-order valence-corrected chi connectivity index (χ3v) is 5.37. The number of halogens is 2. The largest absolute Gasteiger partial charge is 0.505 e. The highest BCUT2D eigenvalue weighted by atomic mass is 35.5. The number of hydrogen-bond donors (Lipinski definition) is 2.